The van der Waals surface area contributed by atoms with Crippen LogP contribution in [0.4, 0.5) is 0 Å². The van der Waals surface area contributed by atoms with Crippen molar-refractivity contribution in [3.63, 3.8) is 0 Å². The molecule has 0 saturated carbocycles. The first-order valence-corrected chi connectivity index (χ1v) is 5.62. The van der Waals surface area contributed by atoms with E-state index in [0.717, 1.165) is 4.47 Å². The van der Waals surface area contributed by atoms with Gasteiger partial charge in [0.15, 0.2) is 0 Å². The second-order valence-corrected chi connectivity index (χ2v) is 4.22. The predicted molar refractivity (Wildman–Crippen MR) is 68.5 cm³/mol. The Morgan fingerprint density at radius 2 is 1.88 bits per heavy atom. The van der Waals surface area contributed by atoms with Crippen molar-refractivity contribution in [3.05, 3.63) is 27.7 Å². The quantitative estimate of drug-likeness (QED) is 0.869. The van der Waals surface area contributed by atoms with Gasteiger partial charge in [-0.3, -0.25) is 0 Å². The van der Waals surface area contributed by atoms with Gasteiger partial charge in [-0.15, -0.1) is 0 Å². The van der Waals surface area contributed by atoms with Gasteiger partial charge in [0.2, 0.25) is 0 Å². The van der Waals surface area contributed by atoms with Crippen LogP contribution < -0.4 is 9.47 Å². The van der Waals surface area contributed by atoms with E-state index in [1.54, 1.807) is 19.2 Å². The van der Waals surface area contributed by atoms with Gasteiger partial charge in [0.05, 0.1) is 18.7 Å². The van der Waals surface area contributed by atoms with E-state index >= 15 is 0 Å². The summed E-state index contributed by atoms with van der Waals surface area (Å²) in [6.07, 6.45) is 1.54. The normalized spacial score (nSPS) is 11.2. The van der Waals surface area contributed by atoms with Crippen LogP contribution in [0.5, 0.6) is 11.5 Å². The van der Waals surface area contributed by atoms with Gasteiger partial charge in [-0.1, -0.05) is 0 Å². The third-order valence-corrected chi connectivity index (χ3v) is 2.83. The number of halogens is 1. The Morgan fingerprint density at radius 3 is 2.35 bits per heavy atom. The molecular weight excluding hydrogens is 288 g/mol. The average molecular weight is 301 g/mol. The van der Waals surface area contributed by atoms with Crippen molar-refractivity contribution in [2.45, 2.75) is 6.92 Å². The Morgan fingerprint density at radius 1 is 1.29 bits per heavy atom. The van der Waals surface area contributed by atoms with E-state index in [-0.39, 0.29) is 5.57 Å². The fourth-order valence-electron chi connectivity index (χ4n) is 1.29. The Hall–Kier alpha value is -1.49. The summed E-state index contributed by atoms with van der Waals surface area (Å²) in [5.74, 6) is 0.238. The highest BCUT2D eigenvalue weighted by Gasteiger charge is 2.09. The Labute approximate surface area is 108 Å². The molecule has 0 aromatic heterocycles. The summed E-state index contributed by atoms with van der Waals surface area (Å²) in [4.78, 5) is 10.8. The molecule has 0 aliphatic heterocycles. The zero-order valence-electron chi connectivity index (χ0n) is 9.78. The van der Waals surface area contributed by atoms with Gasteiger partial charge in [0, 0.05) is 11.1 Å². The molecule has 92 valence electrons. The molecule has 0 fully saturated rings. The second-order valence-electron chi connectivity index (χ2n) is 3.36. The minimum absolute atomic E-state index is 0.229. The van der Waals surface area contributed by atoms with E-state index in [9.17, 15) is 4.79 Å². The van der Waals surface area contributed by atoms with E-state index in [4.69, 9.17) is 14.6 Å². The molecule has 0 spiro atoms. The van der Waals surface area contributed by atoms with Gasteiger partial charge >= 0.3 is 5.97 Å². The lowest BCUT2D eigenvalue weighted by Gasteiger charge is -2.10. The van der Waals surface area contributed by atoms with Crippen molar-refractivity contribution in [2.24, 2.45) is 0 Å². The van der Waals surface area contributed by atoms with Crippen LogP contribution in [0.3, 0.4) is 0 Å². The largest absolute Gasteiger partial charge is 0.496 e. The molecule has 17 heavy (non-hydrogen) atoms. The van der Waals surface area contributed by atoms with Crippen LogP contribution in [0.2, 0.25) is 0 Å². The molecular formula is C12H13BrO4. The van der Waals surface area contributed by atoms with Crippen molar-refractivity contribution in [2.75, 3.05) is 14.2 Å². The molecule has 0 aliphatic carbocycles. The van der Waals surface area contributed by atoms with Crippen LogP contribution in [0, 0.1) is 0 Å². The number of carboxylic acids is 1. The van der Waals surface area contributed by atoms with Crippen LogP contribution in [0.25, 0.3) is 6.08 Å². The Bertz CT molecular complexity index is 466. The fraction of sp³-hybridized carbons (Fsp3) is 0.250. The fourth-order valence-corrected chi connectivity index (χ4v) is 1.78. The van der Waals surface area contributed by atoms with Crippen LogP contribution in [-0.4, -0.2) is 25.3 Å². The van der Waals surface area contributed by atoms with E-state index in [2.05, 4.69) is 15.9 Å². The van der Waals surface area contributed by atoms with Gasteiger partial charge in [-0.2, -0.15) is 0 Å². The molecule has 1 aromatic carbocycles. The van der Waals surface area contributed by atoms with Crippen molar-refractivity contribution in [1.29, 1.82) is 0 Å². The van der Waals surface area contributed by atoms with Crippen molar-refractivity contribution >= 4 is 28.0 Å². The van der Waals surface area contributed by atoms with Crippen molar-refractivity contribution < 1.29 is 19.4 Å². The third kappa shape index (κ3) is 3.23. The highest BCUT2D eigenvalue weighted by Crippen LogP contribution is 2.33. The molecule has 4 nitrogen and oxygen atoms in total. The van der Waals surface area contributed by atoms with Crippen LogP contribution >= 0.6 is 15.9 Å². The zero-order chi connectivity index (χ0) is 13.0. The Kier molecular flexibility index (Phi) is 4.57. The highest BCUT2D eigenvalue weighted by atomic mass is 79.9. The van der Waals surface area contributed by atoms with Crippen LogP contribution in [0.1, 0.15) is 12.5 Å². The maximum atomic E-state index is 10.8. The summed E-state index contributed by atoms with van der Waals surface area (Å²) in [7, 11) is 3.08. The van der Waals surface area contributed by atoms with E-state index < -0.39 is 5.97 Å². The molecule has 0 saturated heterocycles. The van der Waals surface area contributed by atoms with E-state index in [1.807, 2.05) is 0 Å². The number of methoxy groups -OCH3 is 2. The molecule has 0 heterocycles. The number of hydrogen-bond acceptors (Lipinski definition) is 3. The minimum atomic E-state index is -0.964. The standard InChI is InChI=1S/C12H13BrO4/c1-7(12(14)15)4-8-5-11(17-3)9(13)6-10(8)16-2/h4-6H,1-3H3,(H,14,15)/b7-4+. The molecule has 1 N–H and O–H groups in total. The first-order valence-electron chi connectivity index (χ1n) is 4.82. The van der Waals surface area contributed by atoms with Gasteiger partial charge in [0.25, 0.3) is 0 Å². The molecule has 0 radical (unpaired) electrons. The maximum absolute atomic E-state index is 10.8. The first-order chi connectivity index (χ1) is 7.99. The number of ether oxygens (including phenoxy) is 2. The number of aliphatic carboxylic acids is 1. The maximum Gasteiger partial charge on any atom is 0.331 e. The zero-order valence-corrected chi connectivity index (χ0v) is 11.4. The third-order valence-electron chi connectivity index (χ3n) is 2.21. The van der Waals surface area contributed by atoms with Crippen molar-refractivity contribution in [3.8, 4) is 11.5 Å². The van der Waals surface area contributed by atoms with Gasteiger partial charge < -0.3 is 14.6 Å². The highest BCUT2D eigenvalue weighted by molar-refractivity contribution is 9.10. The van der Waals surface area contributed by atoms with Gasteiger partial charge in [0.1, 0.15) is 11.5 Å². The van der Waals surface area contributed by atoms with E-state index in [0.29, 0.717) is 17.1 Å². The summed E-state index contributed by atoms with van der Waals surface area (Å²) in [6, 6.07) is 3.45. The predicted octanol–water partition coefficient (Wildman–Crippen LogP) is 2.95. The topological polar surface area (TPSA) is 55.8 Å². The number of carbonyl (C=O) groups is 1. The van der Waals surface area contributed by atoms with Crippen LogP contribution in [0.15, 0.2) is 22.2 Å². The second kappa shape index (κ2) is 5.72. The lowest BCUT2D eigenvalue weighted by Crippen LogP contribution is -1.97. The summed E-state index contributed by atoms with van der Waals surface area (Å²) in [6.45, 7) is 1.52. The van der Waals surface area contributed by atoms with Gasteiger partial charge in [-0.25, -0.2) is 4.79 Å². The first kappa shape index (κ1) is 13.6. The monoisotopic (exact) mass is 300 g/mol. The molecule has 0 amide bonds. The summed E-state index contributed by atoms with van der Waals surface area (Å²) >= 11 is 3.34. The Balaban J connectivity index is 3.31. The SMILES string of the molecule is COc1cc(/C=C(\C)C(=O)O)c(OC)cc1Br. The lowest BCUT2D eigenvalue weighted by molar-refractivity contribution is -0.132. The number of benzene rings is 1. The molecule has 1 rings (SSSR count). The molecule has 0 atom stereocenters. The van der Waals surface area contributed by atoms with Crippen LogP contribution in [-0.2, 0) is 4.79 Å². The summed E-state index contributed by atoms with van der Waals surface area (Å²) < 4.78 is 11.1. The molecule has 0 unspecified atom stereocenters. The minimum Gasteiger partial charge on any atom is -0.496 e. The summed E-state index contributed by atoms with van der Waals surface area (Å²) in [5, 5.41) is 8.84. The van der Waals surface area contributed by atoms with E-state index in [1.165, 1.54) is 20.1 Å². The average Bonchev–Trinajstić information content (AvgIpc) is 2.30. The lowest BCUT2D eigenvalue weighted by atomic mass is 10.1. The smallest absolute Gasteiger partial charge is 0.331 e. The molecule has 0 bridgehead atoms. The molecule has 0 aliphatic rings. The number of hydrogen-bond donors (Lipinski definition) is 1. The van der Waals surface area contributed by atoms with Gasteiger partial charge in [-0.05, 0) is 41.1 Å². The van der Waals surface area contributed by atoms with Crippen molar-refractivity contribution in [1.82, 2.24) is 0 Å². The number of rotatable bonds is 4. The molecule has 5 heteroatoms. The number of carboxylic acid groups (broad SMARTS) is 1. The summed E-state index contributed by atoms with van der Waals surface area (Å²) in [5.41, 5.74) is 0.889. The molecule has 1 aromatic rings.